The van der Waals surface area contributed by atoms with Gasteiger partial charge in [0.15, 0.2) is 5.82 Å². The smallest absolute Gasteiger partial charge is 0.425 e. The lowest BCUT2D eigenvalue weighted by molar-refractivity contribution is 0.0429. The zero-order valence-corrected chi connectivity index (χ0v) is 15.5. The van der Waals surface area contributed by atoms with Crippen molar-refractivity contribution in [2.45, 2.75) is 52.7 Å². The minimum atomic E-state index is -0.929. The highest BCUT2D eigenvalue weighted by Gasteiger charge is 2.34. The van der Waals surface area contributed by atoms with Crippen molar-refractivity contribution in [1.82, 2.24) is 9.97 Å². The average molecular weight is 356 g/mol. The van der Waals surface area contributed by atoms with Crippen LogP contribution in [-0.4, -0.2) is 33.4 Å². The van der Waals surface area contributed by atoms with Gasteiger partial charge in [-0.15, -0.1) is 0 Å². The summed E-state index contributed by atoms with van der Waals surface area (Å²) >= 11 is 5.85. The minimum Gasteiger partial charge on any atom is -0.443 e. The number of halogens is 1. The lowest BCUT2D eigenvalue weighted by atomic mass is 10.2. The van der Waals surface area contributed by atoms with Crippen LogP contribution in [0, 0.1) is 0 Å². The Morgan fingerprint density at radius 1 is 1.08 bits per heavy atom. The molecule has 0 atom stereocenters. The van der Waals surface area contributed by atoms with Crippen LogP contribution >= 0.6 is 11.6 Å². The summed E-state index contributed by atoms with van der Waals surface area (Å²) < 4.78 is 10.5. The molecule has 0 N–H and O–H groups in total. The van der Waals surface area contributed by atoms with Crippen LogP contribution in [0.2, 0.25) is 5.28 Å². The van der Waals surface area contributed by atoms with Gasteiger partial charge in [-0.05, 0) is 59.2 Å². The Morgan fingerprint density at radius 2 is 1.54 bits per heavy atom. The van der Waals surface area contributed by atoms with Crippen LogP contribution in [0.1, 0.15) is 47.2 Å². The topological polar surface area (TPSA) is 81.6 Å². The maximum atomic E-state index is 12.5. The van der Waals surface area contributed by atoms with Crippen LogP contribution < -0.4 is 4.90 Å². The van der Waals surface area contributed by atoms with Gasteiger partial charge in [0.05, 0.1) is 5.69 Å². The van der Waals surface area contributed by atoms with E-state index < -0.39 is 23.4 Å². The van der Waals surface area contributed by atoms with Crippen LogP contribution in [0.3, 0.4) is 0 Å². The molecule has 0 aliphatic carbocycles. The molecule has 1 heterocycles. The number of nitrogens with zero attached hydrogens (tertiary/aromatic N) is 3. The van der Waals surface area contributed by atoms with Gasteiger partial charge in [0.1, 0.15) is 11.2 Å². The van der Waals surface area contributed by atoms with E-state index in [9.17, 15) is 9.59 Å². The molecule has 0 aliphatic heterocycles. The molecule has 0 radical (unpaired) electrons. The van der Waals surface area contributed by atoms with Gasteiger partial charge in [0, 0.05) is 6.07 Å². The van der Waals surface area contributed by atoms with Crippen molar-refractivity contribution in [1.29, 1.82) is 0 Å². The SMILES string of the molecule is C=Cc1cc(N(C(=O)OC(C)(C)C)C(=O)OC(C)(C)C)nc(Cl)n1. The van der Waals surface area contributed by atoms with Crippen LogP contribution in [0.5, 0.6) is 0 Å². The first kappa shape index (κ1) is 19.9. The average Bonchev–Trinajstić information content (AvgIpc) is 2.33. The number of ether oxygens (including phenoxy) is 2. The number of imide groups is 1. The monoisotopic (exact) mass is 355 g/mol. The Bertz CT molecular complexity index is 620. The zero-order valence-electron chi connectivity index (χ0n) is 14.7. The van der Waals surface area contributed by atoms with E-state index in [1.807, 2.05) is 0 Å². The first-order chi connectivity index (χ1) is 10.8. The number of aromatic nitrogens is 2. The van der Waals surface area contributed by atoms with E-state index in [0.29, 0.717) is 10.6 Å². The van der Waals surface area contributed by atoms with Crippen LogP contribution in [0.15, 0.2) is 12.6 Å². The standard InChI is InChI=1S/C16H22ClN3O4/c1-8-10-9-11(19-12(17)18-10)20(13(21)23-15(2,3)4)14(22)24-16(5,6)7/h8-9H,1H2,2-7H3. The Morgan fingerprint density at radius 3 is 1.92 bits per heavy atom. The number of carbonyl (C=O) groups is 2. The molecule has 0 fully saturated rings. The van der Waals surface area contributed by atoms with Gasteiger partial charge in [-0.3, -0.25) is 0 Å². The van der Waals surface area contributed by atoms with E-state index in [1.165, 1.54) is 12.1 Å². The Balaban J connectivity index is 3.32. The minimum absolute atomic E-state index is 0.0617. The van der Waals surface area contributed by atoms with Gasteiger partial charge < -0.3 is 9.47 Å². The molecule has 1 aromatic heterocycles. The molecule has 24 heavy (non-hydrogen) atoms. The van der Waals surface area contributed by atoms with Crippen molar-refractivity contribution in [2.24, 2.45) is 0 Å². The first-order valence-corrected chi connectivity index (χ1v) is 7.63. The van der Waals surface area contributed by atoms with E-state index in [0.717, 1.165) is 0 Å². The molecule has 1 aromatic rings. The number of carbonyl (C=O) groups excluding carboxylic acids is 2. The lowest BCUT2D eigenvalue weighted by Crippen LogP contribution is -2.44. The van der Waals surface area contributed by atoms with Crippen molar-refractivity contribution < 1.29 is 19.1 Å². The predicted molar refractivity (Wildman–Crippen MR) is 92.1 cm³/mol. The Hall–Kier alpha value is -2.15. The maximum absolute atomic E-state index is 12.5. The fourth-order valence-corrected chi connectivity index (χ4v) is 1.70. The number of hydrogen-bond donors (Lipinski definition) is 0. The molecule has 0 unspecified atom stereocenters. The summed E-state index contributed by atoms with van der Waals surface area (Å²) in [6.07, 6.45) is -0.442. The summed E-state index contributed by atoms with van der Waals surface area (Å²) in [5, 5.41) is -0.139. The summed E-state index contributed by atoms with van der Waals surface area (Å²) in [5.41, 5.74) is -1.27. The molecule has 7 nitrogen and oxygen atoms in total. The van der Waals surface area contributed by atoms with Gasteiger partial charge in [-0.2, -0.15) is 9.88 Å². The van der Waals surface area contributed by atoms with Crippen molar-refractivity contribution in [2.75, 3.05) is 4.90 Å². The number of amides is 2. The molecule has 0 aliphatic rings. The normalized spacial score (nSPS) is 11.6. The second-order valence-electron chi connectivity index (χ2n) is 6.92. The fourth-order valence-electron chi connectivity index (χ4n) is 1.52. The third kappa shape index (κ3) is 6.16. The molecular weight excluding hydrogens is 334 g/mol. The van der Waals surface area contributed by atoms with Crippen LogP contribution in [0.4, 0.5) is 15.4 Å². The van der Waals surface area contributed by atoms with Crippen molar-refractivity contribution in [3.8, 4) is 0 Å². The summed E-state index contributed by atoms with van der Waals surface area (Å²) in [5.74, 6) is -0.0617. The summed E-state index contributed by atoms with van der Waals surface area (Å²) in [6.45, 7) is 13.7. The van der Waals surface area contributed by atoms with Gasteiger partial charge in [0.25, 0.3) is 0 Å². The van der Waals surface area contributed by atoms with E-state index in [4.69, 9.17) is 21.1 Å². The van der Waals surface area contributed by atoms with Crippen LogP contribution in [0.25, 0.3) is 6.08 Å². The molecule has 1 rings (SSSR count). The van der Waals surface area contributed by atoms with Gasteiger partial charge in [0.2, 0.25) is 5.28 Å². The quantitative estimate of drug-likeness (QED) is 0.729. The van der Waals surface area contributed by atoms with Gasteiger partial charge >= 0.3 is 12.2 Å². The van der Waals surface area contributed by atoms with Gasteiger partial charge in [-0.1, -0.05) is 6.58 Å². The molecule has 0 aromatic carbocycles. The van der Waals surface area contributed by atoms with E-state index in [-0.39, 0.29) is 11.1 Å². The largest absolute Gasteiger partial charge is 0.443 e. The van der Waals surface area contributed by atoms with Crippen molar-refractivity contribution in [3.05, 3.63) is 23.6 Å². The molecule has 0 saturated carbocycles. The molecule has 0 bridgehead atoms. The third-order valence-corrected chi connectivity index (χ3v) is 2.46. The zero-order chi connectivity index (χ0) is 18.7. The van der Waals surface area contributed by atoms with Crippen molar-refractivity contribution in [3.63, 3.8) is 0 Å². The highest BCUT2D eigenvalue weighted by atomic mass is 35.5. The molecule has 132 valence electrons. The van der Waals surface area contributed by atoms with E-state index in [1.54, 1.807) is 41.5 Å². The lowest BCUT2D eigenvalue weighted by Gasteiger charge is -2.28. The van der Waals surface area contributed by atoms with Crippen molar-refractivity contribution >= 4 is 35.7 Å². The Labute approximate surface area is 146 Å². The van der Waals surface area contributed by atoms with E-state index >= 15 is 0 Å². The summed E-state index contributed by atoms with van der Waals surface area (Å²) in [6, 6.07) is 1.38. The summed E-state index contributed by atoms with van der Waals surface area (Å²) in [7, 11) is 0. The maximum Gasteiger partial charge on any atom is 0.425 e. The number of anilines is 1. The number of rotatable bonds is 2. The molecule has 8 heteroatoms. The van der Waals surface area contributed by atoms with Gasteiger partial charge in [-0.25, -0.2) is 14.6 Å². The first-order valence-electron chi connectivity index (χ1n) is 7.25. The second kappa shape index (κ2) is 7.17. The summed E-state index contributed by atoms with van der Waals surface area (Å²) in [4.78, 5) is 33.4. The third-order valence-electron chi connectivity index (χ3n) is 2.30. The molecule has 0 saturated heterocycles. The second-order valence-corrected chi connectivity index (χ2v) is 7.26. The fraction of sp³-hybridized carbons (Fsp3) is 0.500. The predicted octanol–water partition coefficient (Wildman–Crippen LogP) is 4.45. The molecule has 2 amide bonds. The molecule has 0 spiro atoms. The highest BCUT2D eigenvalue weighted by molar-refractivity contribution is 6.28. The molecular formula is C16H22ClN3O4. The Kier molecular flexibility index (Phi) is 5.94. The van der Waals surface area contributed by atoms with E-state index in [2.05, 4.69) is 16.5 Å². The number of hydrogen-bond acceptors (Lipinski definition) is 6. The van der Waals surface area contributed by atoms with Crippen LogP contribution in [-0.2, 0) is 9.47 Å². The highest BCUT2D eigenvalue weighted by Crippen LogP contribution is 2.22.